The number of carbonyl (C=O) groups is 1. The van der Waals surface area contributed by atoms with Crippen LogP contribution >= 0.6 is 23.1 Å². The Hall–Kier alpha value is -1.34. The number of aliphatic carboxylic acids is 1. The average Bonchev–Trinajstić information content (AvgIpc) is 2.95. The molecule has 7 heteroatoms. The Bertz CT molecular complexity index is 495. The second kappa shape index (κ2) is 5.33. The van der Waals surface area contributed by atoms with Gasteiger partial charge in [0.2, 0.25) is 5.89 Å². The summed E-state index contributed by atoms with van der Waals surface area (Å²) in [6.07, 6.45) is 0. The van der Waals surface area contributed by atoms with Gasteiger partial charge in [0.05, 0.1) is 15.9 Å². The second-order valence-electron chi connectivity index (χ2n) is 3.27. The molecule has 1 atom stereocenters. The van der Waals surface area contributed by atoms with E-state index in [4.69, 9.17) is 9.52 Å². The zero-order valence-electron chi connectivity index (χ0n) is 8.99. The first kappa shape index (κ1) is 12.1. The number of nitrogens with zero attached hydrogens (tertiary/aromatic N) is 2. The molecule has 0 aliphatic carbocycles. The maximum Gasteiger partial charge on any atom is 0.316 e. The molecule has 2 aromatic rings. The topological polar surface area (TPSA) is 76.2 Å². The predicted molar refractivity (Wildman–Crippen MR) is 66.0 cm³/mol. The number of thiophene rings is 1. The van der Waals surface area contributed by atoms with Crippen LogP contribution in [0, 0.1) is 0 Å². The van der Waals surface area contributed by atoms with Gasteiger partial charge < -0.3 is 9.52 Å². The highest BCUT2D eigenvalue weighted by Crippen LogP contribution is 2.25. The summed E-state index contributed by atoms with van der Waals surface area (Å²) >= 11 is 2.78. The summed E-state index contributed by atoms with van der Waals surface area (Å²) in [6, 6.07) is 3.81. The van der Waals surface area contributed by atoms with Gasteiger partial charge in [-0.1, -0.05) is 6.07 Å². The van der Waals surface area contributed by atoms with Crippen LogP contribution in [-0.2, 0) is 10.5 Å². The molecule has 90 valence electrons. The first-order valence-corrected chi connectivity index (χ1v) is 6.80. The van der Waals surface area contributed by atoms with E-state index in [1.807, 2.05) is 17.5 Å². The van der Waals surface area contributed by atoms with Crippen molar-refractivity contribution in [3.8, 4) is 10.8 Å². The van der Waals surface area contributed by atoms with Gasteiger partial charge in [0.15, 0.2) is 0 Å². The van der Waals surface area contributed by atoms with E-state index in [0.717, 1.165) is 4.88 Å². The zero-order valence-corrected chi connectivity index (χ0v) is 10.6. The minimum absolute atomic E-state index is 0.409. The Morgan fingerprint density at radius 3 is 3.12 bits per heavy atom. The molecule has 2 aromatic heterocycles. The van der Waals surface area contributed by atoms with E-state index in [1.54, 1.807) is 6.92 Å². The summed E-state index contributed by atoms with van der Waals surface area (Å²) in [5.41, 5.74) is 0. The van der Waals surface area contributed by atoms with Gasteiger partial charge in [-0.15, -0.1) is 33.3 Å². The number of carboxylic acid groups (broad SMARTS) is 1. The molecule has 0 saturated carbocycles. The van der Waals surface area contributed by atoms with Crippen LogP contribution in [0.15, 0.2) is 21.9 Å². The monoisotopic (exact) mass is 270 g/mol. The van der Waals surface area contributed by atoms with Crippen LogP contribution in [0.3, 0.4) is 0 Å². The predicted octanol–water partition coefficient (Wildman–Crippen LogP) is 2.50. The number of carboxylic acids is 1. The van der Waals surface area contributed by atoms with Crippen molar-refractivity contribution in [1.29, 1.82) is 0 Å². The largest absolute Gasteiger partial charge is 0.480 e. The Morgan fingerprint density at radius 1 is 1.65 bits per heavy atom. The third-order valence-corrected chi connectivity index (χ3v) is 3.98. The minimum Gasteiger partial charge on any atom is -0.480 e. The van der Waals surface area contributed by atoms with E-state index < -0.39 is 11.2 Å². The molecule has 1 N–H and O–H groups in total. The highest BCUT2D eigenvalue weighted by atomic mass is 32.2. The normalized spacial score (nSPS) is 12.5. The van der Waals surface area contributed by atoms with Crippen LogP contribution in [0.2, 0.25) is 0 Å². The van der Waals surface area contributed by atoms with Crippen LogP contribution in [0.25, 0.3) is 10.8 Å². The summed E-state index contributed by atoms with van der Waals surface area (Å²) in [7, 11) is 0. The molecule has 5 nitrogen and oxygen atoms in total. The lowest BCUT2D eigenvalue weighted by molar-refractivity contribution is -0.136. The molecule has 2 heterocycles. The smallest absolute Gasteiger partial charge is 0.316 e. The SMILES string of the molecule is CC(SCc1nnc(-c2cccs2)o1)C(=O)O. The lowest BCUT2D eigenvalue weighted by Gasteiger charge is -2.01. The number of hydrogen-bond acceptors (Lipinski definition) is 6. The molecule has 0 saturated heterocycles. The third kappa shape index (κ3) is 3.07. The summed E-state index contributed by atoms with van der Waals surface area (Å²) in [5.74, 6) is 0.504. The molecule has 2 rings (SSSR count). The van der Waals surface area contributed by atoms with Gasteiger partial charge in [-0.2, -0.15) is 0 Å². The molecular formula is C10H10N2O3S2. The van der Waals surface area contributed by atoms with Gasteiger partial charge in [-0.05, 0) is 18.4 Å². The first-order valence-electron chi connectivity index (χ1n) is 4.87. The zero-order chi connectivity index (χ0) is 12.3. The van der Waals surface area contributed by atoms with Crippen molar-refractivity contribution in [2.24, 2.45) is 0 Å². The molecule has 0 aromatic carbocycles. The fourth-order valence-corrected chi connectivity index (χ4v) is 2.38. The quantitative estimate of drug-likeness (QED) is 0.899. The van der Waals surface area contributed by atoms with Crippen LogP contribution in [-0.4, -0.2) is 26.5 Å². The molecule has 0 aliphatic rings. The van der Waals surface area contributed by atoms with Crippen molar-refractivity contribution in [2.75, 3.05) is 0 Å². The van der Waals surface area contributed by atoms with Crippen LogP contribution in [0.1, 0.15) is 12.8 Å². The third-order valence-electron chi connectivity index (χ3n) is 2.00. The van der Waals surface area contributed by atoms with Crippen LogP contribution < -0.4 is 0 Å². The highest BCUT2D eigenvalue weighted by Gasteiger charge is 2.14. The Morgan fingerprint density at radius 2 is 2.47 bits per heavy atom. The van der Waals surface area contributed by atoms with E-state index >= 15 is 0 Å². The van der Waals surface area contributed by atoms with E-state index in [-0.39, 0.29) is 0 Å². The summed E-state index contributed by atoms with van der Waals surface area (Å²) < 4.78 is 5.43. The molecule has 0 spiro atoms. The lowest BCUT2D eigenvalue weighted by atomic mass is 10.5. The summed E-state index contributed by atoms with van der Waals surface area (Å²) in [6.45, 7) is 1.63. The summed E-state index contributed by atoms with van der Waals surface area (Å²) in [4.78, 5) is 11.5. The van der Waals surface area contributed by atoms with Crippen LogP contribution in [0.4, 0.5) is 0 Å². The molecule has 0 radical (unpaired) electrons. The van der Waals surface area contributed by atoms with E-state index in [0.29, 0.717) is 17.5 Å². The molecule has 1 unspecified atom stereocenters. The van der Waals surface area contributed by atoms with Crippen molar-refractivity contribution >= 4 is 29.1 Å². The Kier molecular flexibility index (Phi) is 3.80. The van der Waals surface area contributed by atoms with Gasteiger partial charge in [-0.3, -0.25) is 4.79 Å². The van der Waals surface area contributed by atoms with Gasteiger partial charge in [0, 0.05) is 0 Å². The van der Waals surface area contributed by atoms with Crippen molar-refractivity contribution in [3.63, 3.8) is 0 Å². The lowest BCUT2D eigenvalue weighted by Crippen LogP contribution is -2.11. The molecular weight excluding hydrogens is 260 g/mol. The number of aromatic nitrogens is 2. The van der Waals surface area contributed by atoms with E-state index in [9.17, 15) is 4.79 Å². The summed E-state index contributed by atoms with van der Waals surface area (Å²) in [5, 5.41) is 18.0. The van der Waals surface area contributed by atoms with Gasteiger partial charge in [-0.25, -0.2) is 0 Å². The van der Waals surface area contributed by atoms with E-state index in [1.165, 1.54) is 23.1 Å². The fourth-order valence-electron chi connectivity index (χ4n) is 1.08. The van der Waals surface area contributed by atoms with Gasteiger partial charge in [0.1, 0.15) is 0 Å². The highest BCUT2D eigenvalue weighted by molar-refractivity contribution is 7.99. The van der Waals surface area contributed by atoms with Gasteiger partial charge >= 0.3 is 5.97 Å². The average molecular weight is 270 g/mol. The number of rotatable bonds is 5. The van der Waals surface area contributed by atoms with Crippen molar-refractivity contribution < 1.29 is 14.3 Å². The second-order valence-corrected chi connectivity index (χ2v) is 5.55. The minimum atomic E-state index is -0.840. The first-order chi connectivity index (χ1) is 8.16. The molecule has 0 aliphatic heterocycles. The standard InChI is InChI=1S/C10H10N2O3S2/c1-6(10(13)14)17-5-8-11-12-9(15-8)7-3-2-4-16-7/h2-4,6H,5H2,1H3,(H,13,14). The number of thioether (sulfide) groups is 1. The molecule has 17 heavy (non-hydrogen) atoms. The maximum atomic E-state index is 10.6. The molecule has 0 fully saturated rings. The number of hydrogen-bond donors (Lipinski definition) is 1. The van der Waals surface area contributed by atoms with Crippen molar-refractivity contribution in [2.45, 2.75) is 17.9 Å². The molecule has 0 amide bonds. The van der Waals surface area contributed by atoms with E-state index in [2.05, 4.69) is 10.2 Å². The van der Waals surface area contributed by atoms with Crippen molar-refractivity contribution in [1.82, 2.24) is 10.2 Å². The Labute approximate surface area is 106 Å². The van der Waals surface area contributed by atoms with Crippen LogP contribution in [0.5, 0.6) is 0 Å². The maximum absolute atomic E-state index is 10.6. The Balaban J connectivity index is 1.97. The molecule has 0 bridgehead atoms. The van der Waals surface area contributed by atoms with Gasteiger partial charge in [0.25, 0.3) is 5.89 Å². The van der Waals surface area contributed by atoms with Crippen molar-refractivity contribution in [3.05, 3.63) is 23.4 Å². The fraction of sp³-hybridized carbons (Fsp3) is 0.300.